The second-order valence-corrected chi connectivity index (χ2v) is 6.07. The smallest absolute Gasteiger partial charge is 0.259 e. The molecule has 1 N–H and O–H groups in total. The van der Waals surface area contributed by atoms with Crippen LogP contribution in [0.15, 0.2) is 36.7 Å². The topological polar surface area (TPSA) is 67.8 Å². The fraction of sp³-hybridized carbons (Fsp3) is 0.0769. The van der Waals surface area contributed by atoms with Crippen molar-refractivity contribution < 1.29 is 4.79 Å². The molecule has 0 aliphatic rings. The SMILES string of the molecule is Cc1ccc(-c2nsc(NC(=O)c3cccnc3)n2)s1. The second kappa shape index (κ2) is 5.48. The number of carbonyl (C=O) groups excluding carboxylic acids is 1. The fourth-order valence-corrected chi connectivity index (χ4v) is 3.03. The Morgan fingerprint density at radius 3 is 2.90 bits per heavy atom. The summed E-state index contributed by atoms with van der Waals surface area (Å²) in [5.41, 5.74) is 0.496. The lowest BCUT2D eigenvalue weighted by molar-refractivity contribution is 0.102. The second-order valence-electron chi connectivity index (χ2n) is 4.03. The first-order valence-electron chi connectivity index (χ1n) is 5.84. The van der Waals surface area contributed by atoms with Gasteiger partial charge in [-0.2, -0.15) is 9.36 Å². The number of hydrogen-bond donors (Lipinski definition) is 1. The average Bonchev–Trinajstić information content (AvgIpc) is 3.09. The molecule has 0 aromatic carbocycles. The summed E-state index contributed by atoms with van der Waals surface area (Å²) in [5.74, 6) is 0.415. The summed E-state index contributed by atoms with van der Waals surface area (Å²) in [5, 5.41) is 3.21. The molecule has 0 radical (unpaired) electrons. The van der Waals surface area contributed by atoms with E-state index in [0.29, 0.717) is 16.5 Å². The van der Waals surface area contributed by atoms with E-state index in [1.165, 1.54) is 22.6 Å². The Kier molecular flexibility index (Phi) is 3.53. The third-order valence-electron chi connectivity index (χ3n) is 2.53. The van der Waals surface area contributed by atoms with E-state index >= 15 is 0 Å². The Morgan fingerprint density at radius 2 is 2.20 bits per heavy atom. The number of anilines is 1. The summed E-state index contributed by atoms with van der Waals surface area (Å²) < 4.78 is 4.26. The highest BCUT2D eigenvalue weighted by atomic mass is 32.1. The number of aromatic nitrogens is 3. The molecule has 7 heteroatoms. The molecule has 0 fully saturated rings. The molecule has 5 nitrogen and oxygen atoms in total. The summed E-state index contributed by atoms with van der Waals surface area (Å²) in [6, 6.07) is 7.42. The molecule has 3 aromatic heterocycles. The predicted molar refractivity (Wildman–Crippen MR) is 80.1 cm³/mol. The van der Waals surface area contributed by atoms with Crippen molar-refractivity contribution >= 4 is 33.9 Å². The number of hydrogen-bond acceptors (Lipinski definition) is 6. The Labute approximate surface area is 123 Å². The summed E-state index contributed by atoms with van der Waals surface area (Å²) in [6.07, 6.45) is 3.14. The quantitative estimate of drug-likeness (QED) is 0.806. The van der Waals surface area contributed by atoms with Crippen LogP contribution in [0.3, 0.4) is 0 Å². The van der Waals surface area contributed by atoms with Gasteiger partial charge >= 0.3 is 0 Å². The highest BCUT2D eigenvalue weighted by molar-refractivity contribution is 7.15. The minimum absolute atomic E-state index is 0.233. The van der Waals surface area contributed by atoms with Gasteiger partial charge in [-0.05, 0) is 31.2 Å². The standard InChI is InChI=1S/C13H10N4OS2/c1-8-4-5-10(19-8)11-15-13(20-17-11)16-12(18)9-3-2-6-14-7-9/h2-7H,1H3,(H,15,16,17,18). The van der Waals surface area contributed by atoms with Gasteiger partial charge < -0.3 is 0 Å². The van der Waals surface area contributed by atoms with Crippen LogP contribution in [0, 0.1) is 6.92 Å². The number of aryl methyl sites for hydroxylation is 1. The van der Waals surface area contributed by atoms with Crippen LogP contribution < -0.4 is 5.32 Å². The number of nitrogens with zero attached hydrogens (tertiary/aromatic N) is 3. The minimum atomic E-state index is -0.233. The van der Waals surface area contributed by atoms with Crippen LogP contribution >= 0.6 is 22.9 Å². The lowest BCUT2D eigenvalue weighted by Gasteiger charge is -1.99. The number of amides is 1. The number of rotatable bonds is 3. The van der Waals surface area contributed by atoms with Gasteiger partial charge in [0, 0.05) is 28.8 Å². The van der Waals surface area contributed by atoms with E-state index in [1.54, 1.807) is 29.7 Å². The number of nitrogens with one attached hydrogen (secondary N) is 1. The van der Waals surface area contributed by atoms with Gasteiger partial charge in [-0.3, -0.25) is 15.1 Å². The zero-order valence-electron chi connectivity index (χ0n) is 10.5. The van der Waals surface area contributed by atoms with Crippen molar-refractivity contribution in [2.45, 2.75) is 6.92 Å². The molecule has 0 bridgehead atoms. The summed E-state index contributed by atoms with van der Waals surface area (Å²) in [4.78, 5) is 22.4. The highest BCUT2D eigenvalue weighted by Crippen LogP contribution is 2.27. The van der Waals surface area contributed by atoms with Gasteiger partial charge in [0.05, 0.1) is 10.4 Å². The molecule has 0 aliphatic heterocycles. The molecule has 1 amide bonds. The van der Waals surface area contributed by atoms with Gasteiger partial charge in [0.2, 0.25) is 5.13 Å². The lowest BCUT2D eigenvalue weighted by atomic mass is 10.3. The molecule has 0 saturated carbocycles. The van der Waals surface area contributed by atoms with Crippen LogP contribution in [0.2, 0.25) is 0 Å². The van der Waals surface area contributed by atoms with Crippen LogP contribution in [-0.2, 0) is 0 Å². The fourth-order valence-electron chi connectivity index (χ4n) is 1.60. The summed E-state index contributed by atoms with van der Waals surface area (Å²) >= 11 is 2.80. The van der Waals surface area contributed by atoms with Gasteiger partial charge in [0.1, 0.15) is 0 Å². The maximum atomic E-state index is 12.0. The molecule has 0 unspecified atom stereocenters. The van der Waals surface area contributed by atoms with E-state index in [1.807, 2.05) is 19.1 Å². The van der Waals surface area contributed by atoms with E-state index in [2.05, 4.69) is 19.7 Å². The molecule has 3 heterocycles. The predicted octanol–water partition coefficient (Wildman–Crippen LogP) is 3.22. The van der Waals surface area contributed by atoms with Crippen molar-refractivity contribution in [1.82, 2.24) is 14.3 Å². The third kappa shape index (κ3) is 2.73. The molecule has 0 saturated heterocycles. The van der Waals surface area contributed by atoms with Crippen LogP contribution in [0.5, 0.6) is 0 Å². The number of pyridine rings is 1. The maximum Gasteiger partial charge on any atom is 0.259 e. The molecule has 3 rings (SSSR count). The molecule has 20 heavy (non-hydrogen) atoms. The van der Waals surface area contributed by atoms with Crippen molar-refractivity contribution in [3.8, 4) is 10.7 Å². The van der Waals surface area contributed by atoms with Crippen LogP contribution in [0.1, 0.15) is 15.2 Å². The molecule has 3 aromatic rings. The molecule has 0 aliphatic carbocycles. The van der Waals surface area contributed by atoms with E-state index < -0.39 is 0 Å². The summed E-state index contributed by atoms with van der Waals surface area (Å²) in [7, 11) is 0. The number of carbonyl (C=O) groups is 1. The zero-order valence-corrected chi connectivity index (χ0v) is 12.2. The van der Waals surface area contributed by atoms with E-state index in [9.17, 15) is 4.79 Å². The van der Waals surface area contributed by atoms with Gasteiger partial charge in [-0.15, -0.1) is 11.3 Å². The molecule has 0 spiro atoms. The van der Waals surface area contributed by atoms with Crippen molar-refractivity contribution in [2.75, 3.05) is 5.32 Å². The molecular weight excluding hydrogens is 292 g/mol. The first-order valence-corrected chi connectivity index (χ1v) is 7.43. The van der Waals surface area contributed by atoms with Crippen molar-refractivity contribution in [1.29, 1.82) is 0 Å². The Bertz CT molecular complexity index is 736. The van der Waals surface area contributed by atoms with Crippen LogP contribution in [0.25, 0.3) is 10.7 Å². The average molecular weight is 302 g/mol. The van der Waals surface area contributed by atoms with Gasteiger partial charge in [0.25, 0.3) is 5.91 Å². The van der Waals surface area contributed by atoms with Gasteiger partial charge in [0.15, 0.2) is 5.82 Å². The van der Waals surface area contributed by atoms with Crippen molar-refractivity contribution in [3.63, 3.8) is 0 Å². The Balaban J connectivity index is 1.76. The largest absolute Gasteiger partial charge is 0.297 e. The first kappa shape index (κ1) is 12.9. The summed E-state index contributed by atoms with van der Waals surface area (Å²) in [6.45, 7) is 2.03. The Hall–Kier alpha value is -2.12. The van der Waals surface area contributed by atoms with Crippen molar-refractivity contribution in [3.05, 3.63) is 47.1 Å². The van der Waals surface area contributed by atoms with E-state index in [-0.39, 0.29) is 5.91 Å². The van der Waals surface area contributed by atoms with Gasteiger partial charge in [-0.1, -0.05) is 0 Å². The van der Waals surface area contributed by atoms with Crippen LogP contribution in [0.4, 0.5) is 5.13 Å². The molecule has 0 atom stereocenters. The van der Waals surface area contributed by atoms with Crippen LogP contribution in [-0.4, -0.2) is 20.2 Å². The Morgan fingerprint density at radius 1 is 1.30 bits per heavy atom. The zero-order chi connectivity index (χ0) is 13.9. The molecule has 100 valence electrons. The maximum absolute atomic E-state index is 12.0. The number of thiophene rings is 1. The monoisotopic (exact) mass is 302 g/mol. The van der Waals surface area contributed by atoms with Crippen molar-refractivity contribution in [2.24, 2.45) is 0 Å². The normalized spacial score (nSPS) is 10.4. The minimum Gasteiger partial charge on any atom is -0.297 e. The molecular formula is C13H10N4OS2. The lowest BCUT2D eigenvalue weighted by Crippen LogP contribution is -2.11. The van der Waals surface area contributed by atoms with Gasteiger partial charge in [-0.25, -0.2) is 0 Å². The van der Waals surface area contributed by atoms with E-state index in [4.69, 9.17) is 0 Å². The highest BCUT2D eigenvalue weighted by Gasteiger charge is 2.12. The first-order chi connectivity index (χ1) is 9.72. The third-order valence-corrected chi connectivity index (χ3v) is 4.16. The van der Waals surface area contributed by atoms with E-state index in [0.717, 1.165) is 4.88 Å².